The molecule has 2 aliphatic rings. The number of carbonyl (C=O) groups is 5. The van der Waals surface area contributed by atoms with Gasteiger partial charge in [0, 0.05) is 24.9 Å². The van der Waals surface area contributed by atoms with Crippen LogP contribution in [0.1, 0.15) is 77.8 Å². The van der Waals surface area contributed by atoms with E-state index in [-0.39, 0.29) is 36.5 Å². The summed E-state index contributed by atoms with van der Waals surface area (Å²) in [5.41, 5.74) is 1.45. The predicted octanol–water partition coefficient (Wildman–Crippen LogP) is 3.59. The number of benzene rings is 2. The highest BCUT2D eigenvalue weighted by atomic mass is 16.5. The molecule has 284 valence electrons. The number of amides is 4. The quantitative estimate of drug-likeness (QED) is 0.164. The van der Waals surface area contributed by atoms with Gasteiger partial charge in [0.2, 0.25) is 23.6 Å². The summed E-state index contributed by atoms with van der Waals surface area (Å²) in [6.45, 7) is 12.4. The zero-order valence-electron chi connectivity index (χ0n) is 31.6. The van der Waals surface area contributed by atoms with Gasteiger partial charge in [0.15, 0.2) is 5.78 Å². The van der Waals surface area contributed by atoms with Crippen LogP contribution in [-0.4, -0.2) is 91.3 Å². The molecule has 0 unspecified atom stereocenters. The first kappa shape index (κ1) is 40.7. The molecule has 11 heteroatoms. The van der Waals surface area contributed by atoms with Crippen LogP contribution in [0.25, 0.3) is 0 Å². The molecule has 4 atom stereocenters. The molecule has 2 aromatic rings. The second kappa shape index (κ2) is 19.7. The predicted molar refractivity (Wildman–Crippen MR) is 201 cm³/mol. The fourth-order valence-electron chi connectivity index (χ4n) is 6.56. The average molecular weight is 718 g/mol. The van der Waals surface area contributed by atoms with E-state index in [4.69, 9.17) is 4.74 Å². The number of nitrogens with zero attached hydrogens (tertiary/aromatic N) is 1. The number of morpholine rings is 1. The van der Waals surface area contributed by atoms with Crippen LogP contribution in [0.15, 0.2) is 60.7 Å². The summed E-state index contributed by atoms with van der Waals surface area (Å²) in [7, 11) is 0. The molecule has 4 rings (SSSR count). The molecule has 4 N–H and O–H groups in total. The van der Waals surface area contributed by atoms with Gasteiger partial charge < -0.3 is 26.0 Å². The van der Waals surface area contributed by atoms with Crippen molar-refractivity contribution in [2.24, 2.45) is 17.3 Å². The zero-order chi connectivity index (χ0) is 37.7. The standard InChI is InChI=1S/C41H59N5O6/c1-28(2)24-33(37(48)41(5)18-19-41)43-40(51)35(26-31-14-10-7-11-15-31)45-39(50)34(25-29(3)4)44-38(49)32(17-16-30-12-8-6-9-13-30)42-36(47)27-46-20-22-52-23-21-46/h6-15,28-29,32-35H,16-27H2,1-5H3,(H,42,47)(H,43,51)(H,44,49)(H,45,50)/t32-,33-,34-,35-/m0/s1. The number of nitrogens with one attached hydrogen (secondary N) is 4. The van der Waals surface area contributed by atoms with Gasteiger partial charge in [0.05, 0.1) is 25.8 Å². The largest absolute Gasteiger partial charge is 0.379 e. The molecule has 11 nitrogen and oxygen atoms in total. The molecule has 2 fully saturated rings. The van der Waals surface area contributed by atoms with E-state index in [0.29, 0.717) is 52.0 Å². The van der Waals surface area contributed by atoms with E-state index in [1.54, 1.807) is 0 Å². The molecule has 2 aromatic carbocycles. The lowest BCUT2D eigenvalue weighted by molar-refractivity contribution is -0.135. The lowest BCUT2D eigenvalue weighted by atomic mass is 9.91. The molecular formula is C41H59N5O6. The van der Waals surface area contributed by atoms with Crippen molar-refractivity contribution in [3.05, 3.63) is 71.8 Å². The van der Waals surface area contributed by atoms with Crippen LogP contribution >= 0.6 is 0 Å². The Morgan fingerprint density at radius 2 is 1.17 bits per heavy atom. The van der Waals surface area contributed by atoms with Gasteiger partial charge in [-0.05, 0) is 61.5 Å². The van der Waals surface area contributed by atoms with Crippen LogP contribution in [0.2, 0.25) is 0 Å². The Labute approximate surface area is 309 Å². The van der Waals surface area contributed by atoms with Gasteiger partial charge in [-0.1, -0.05) is 95.3 Å². The number of rotatable bonds is 20. The minimum absolute atomic E-state index is 0.0292. The molecule has 0 bridgehead atoms. The van der Waals surface area contributed by atoms with Crippen molar-refractivity contribution in [3.63, 3.8) is 0 Å². The van der Waals surface area contributed by atoms with Crippen LogP contribution in [0, 0.1) is 17.3 Å². The fourth-order valence-corrected chi connectivity index (χ4v) is 6.56. The van der Waals surface area contributed by atoms with E-state index >= 15 is 0 Å². The van der Waals surface area contributed by atoms with Gasteiger partial charge in [-0.2, -0.15) is 0 Å². The molecule has 0 spiro atoms. The summed E-state index contributed by atoms with van der Waals surface area (Å²) in [6.07, 6.45) is 3.51. The maximum absolute atomic E-state index is 14.1. The summed E-state index contributed by atoms with van der Waals surface area (Å²) in [5, 5.41) is 11.8. The summed E-state index contributed by atoms with van der Waals surface area (Å²) in [6, 6.07) is 15.6. The summed E-state index contributed by atoms with van der Waals surface area (Å²) in [4.78, 5) is 70.7. The number of Topliss-reactive ketones (excluding diaryl/α,β-unsaturated/α-hetero) is 1. The minimum Gasteiger partial charge on any atom is -0.379 e. The number of aryl methyl sites for hydroxylation is 1. The van der Waals surface area contributed by atoms with E-state index in [1.165, 1.54) is 0 Å². The number of hydrogen-bond donors (Lipinski definition) is 4. The molecule has 1 saturated carbocycles. The topological polar surface area (TPSA) is 146 Å². The van der Waals surface area contributed by atoms with Gasteiger partial charge in [0.1, 0.15) is 18.1 Å². The highest BCUT2D eigenvalue weighted by molar-refractivity contribution is 5.97. The molecule has 1 heterocycles. The van der Waals surface area contributed by atoms with Crippen molar-refractivity contribution in [3.8, 4) is 0 Å². The van der Waals surface area contributed by atoms with Gasteiger partial charge in [-0.3, -0.25) is 28.9 Å². The van der Waals surface area contributed by atoms with E-state index in [1.807, 2.05) is 100 Å². The Bertz CT molecular complexity index is 1470. The molecule has 4 amide bonds. The number of carbonyl (C=O) groups excluding carboxylic acids is 5. The minimum atomic E-state index is -0.988. The molecule has 1 aliphatic heterocycles. The average Bonchev–Trinajstić information content (AvgIpc) is 3.87. The lowest BCUT2D eigenvalue weighted by Gasteiger charge is -2.29. The first-order valence-corrected chi connectivity index (χ1v) is 19.0. The van der Waals surface area contributed by atoms with Crippen LogP contribution in [-0.2, 0) is 41.6 Å². The summed E-state index contributed by atoms with van der Waals surface area (Å²) >= 11 is 0. The van der Waals surface area contributed by atoms with Crippen molar-refractivity contribution in [1.29, 1.82) is 0 Å². The van der Waals surface area contributed by atoms with E-state index in [9.17, 15) is 24.0 Å². The highest BCUT2D eigenvalue weighted by Gasteiger charge is 2.48. The SMILES string of the molecule is CC(C)C[C@H](NC(=O)[C@H](CCc1ccccc1)NC(=O)CN1CCOCC1)C(=O)N[C@@H](Cc1ccccc1)C(=O)N[C@@H](CC(C)C)C(=O)C1(C)CC1. The summed E-state index contributed by atoms with van der Waals surface area (Å²) < 4.78 is 5.41. The normalized spacial score (nSPS) is 17.8. The molecular weight excluding hydrogens is 658 g/mol. The van der Waals surface area contributed by atoms with Crippen molar-refractivity contribution >= 4 is 29.4 Å². The Kier molecular flexibility index (Phi) is 15.4. The molecule has 1 aliphatic carbocycles. The second-order valence-electron chi connectivity index (χ2n) is 15.6. The van der Waals surface area contributed by atoms with Gasteiger partial charge in [-0.15, -0.1) is 0 Å². The first-order chi connectivity index (χ1) is 24.8. The Morgan fingerprint density at radius 1 is 0.673 bits per heavy atom. The van der Waals surface area contributed by atoms with Gasteiger partial charge in [-0.25, -0.2) is 0 Å². The smallest absolute Gasteiger partial charge is 0.243 e. The molecule has 0 radical (unpaired) electrons. The third-order valence-corrected chi connectivity index (χ3v) is 9.88. The van der Waals surface area contributed by atoms with Gasteiger partial charge in [0.25, 0.3) is 0 Å². The number of hydrogen-bond acceptors (Lipinski definition) is 7. The zero-order valence-corrected chi connectivity index (χ0v) is 31.6. The van der Waals surface area contributed by atoms with Crippen molar-refractivity contribution < 1.29 is 28.7 Å². The number of ketones is 1. The maximum atomic E-state index is 14.1. The van der Waals surface area contributed by atoms with E-state index in [0.717, 1.165) is 24.0 Å². The Morgan fingerprint density at radius 3 is 1.75 bits per heavy atom. The van der Waals surface area contributed by atoms with Gasteiger partial charge >= 0.3 is 0 Å². The second-order valence-corrected chi connectivity index (χ2v) is 15.6. The summed E-state index contributed by atoms with van der Waals surface area (Å²) in [5.74, 6) is -1.44. The maximum Gasteiger partial charge on any atom is 0.243 e. The third kappa shape index (κ3) is 13.2. The Hall–Kier alpha value is -4.09. The van der Waals surface area contributed by atoms with E-state index < -0.39 is 47.3 Å². The molecule has 52 heavy (non-hydrogen) atoms. The first-order valence-electron chi connectivity index (χ1n) is 19.0. The van der Waals surface area contributed by atoms with Crippen LogP contribution in [0.4, 0.5) is 0 Å². The Balaban J connectivity index is 1.51. The van der Waals surface area contributed by atoms with Crippen LogP contribution in [0.5, 0.6) is 0 Å². The molecule has 0 aromatic heterocycles. The highest BCUT2D eigenvalue weighted by Crippen LogP contribution is 2.47. The van der Waals surface area contributed by atoms with Crippen molar-refractivity contribution in [1.82, 2.24) is 26.2 Å². The van der Waals surface area contributed by atoms with Crippen LogP contribution < -0.4 is 21.3 Å². The van der Waals surface area contributed by atoms with Crippen molar-refractivity contribution in [2.75, 3.05) is 32.8 Å². The number of ether oxygens (including phenoxy) is 1. The lowest BCUT2D eigenvalue weighted by Crippen LogP contribution is -2.59. The fraction of sp³-hybridized carbons (Fsp3) is 0.585. The van der Waals surface area contributed by atoms with Crippen molar-refractivity contribution in [2.45, 2.75) is 104 Å². The van der Waals surface area contributed by atoms with Crippen LogP contribution in [0.3, 0.4) is 0 Å². The monoisotopic (exact) mass is 717 g/mol. The van der Waals surface area contributed by atoms with E-state index in [2.05, 4.69) is 21.3 Å². The third-order valence-electron chi connectivity index (χ3n) is 9.88. The molecule has 1 saturated heterocycles.